The first kappa shape index (κ1) is 20.2. The number of methoxy groups -OCH3 is 1. The molecule has 0 spiro atoms. The molecule has 1 saturated heterocycles. The standard InChI is InChI=1S/C22H23N3O4S/c1-28-22(27)20-6-3-9-25(20)18-7-10-24(11-8-18)21(26)16-4-2-5-19(12-16)29-13-17-14-30-15-23-17/h2-6,9,12,14-15,18H,7-8,10-11,13H2,1H3. The van der Waals surface area contributed by atoms with Crippen LogP contribution in [0, 0.1) is 0 Å². The van der Waals surface area contributed by atoms with Crippen LogP contribution in [0.15, 0.2) is 53.5 Å². The maximum Gasteiger partial charge on any atom is 0.354 e. The summed E-state index contributed by atoms with van der Waals surface area (Å²) >= 11 is 1.52. The topological polar surface area (TPSA) is 73.7 Å². The number of rotatable bonds is 6. The smallest absolute Gasteiger partial charge is 0.354 e. The van der Waals surface area contributed by atoms with Crippen molar-refractivity contribution in [2.45, 2.75) is 25.5 Å². The van der Waals surface area contributed by atoms with Gasteiger partial charge < -0.3 is 18.9 Å². The minimum absolute atomic E-state index is 0.00624. The Balaban J connectivity index is 1.37. The van der Waals surface area contributed by atoms with Crippen molar-refractivity contribution in [3.63, 3.8) is 0 Å². The molecule has 3 aromatic rings. The molecule has 0 N–H and O–H groups in total. The van der Waals surface area contributed by atoms with Gasteiger partial charge in [0.05, 0.1) is 18.3 Å². The third-order valence-electron chi connectivity index (χ3n) is 5.27. The third-order valence-corrected chi connectivity index (χ3v) is 5.91. The SMILES string of the molecule is COC(=O)c1cccn1C1CCN(C(=O)c2cccc(OCc3cscn3)c2)CC1. The number of esters is 1. The van der Waals surface area contributed by atoms with E-state index in [1.165, 1.54) is 18.4 Å². The van der Waals surface area contributed by atoms with E-state index in [1.807, 2.05) is 45.3 Å². The molecule has 7 nitrogen and oxygen atoms in total. The summed E-state index contributed by atoms with van der Waals surface area (Å²) in [4.78, 5) is 31.0. The molecular weight excluding hydrogens is 402 g/mol. The van der Waals surface area contributed by atoms with Gasteiger partial charge in [0.15, 0.2) is 0 Å². The zero-order chi connectivity index (χ0) is 20.9. The number of likely N-dealkylation sites (tertiary alicyclic amines) is 1. The summed E-state index contributed by atoms with van der Waals surface area (Å²) in [6, 6.07) is 11.1. The molecule has 0 aliphatic carbocycles. The first-order valence-corrected chi connectivity index (χ1v) is 10.7. The van der Waals surface area contributed by atoms with E-state index in [0.29, 0.717) is 36.7 Å². The quantitative estimate of drug-likeness (QED) is 0.562. The van der Waals surface area contributed by atoms with Gasteiger partial charge in [0.2, 0.25) is 0 Å². The predicted molar refractivity (Wildman–Crippen MR) is 113 cm³/mol. The normalized spacial score (nSPS) is 14.5. The van der Waals surface area contributed by atoms with E-state index in [0.717, 1.165) is 18.5 Å². The van der Waals surface area contributed by atoms with E-state index >= 15 is 0 Å². The summed E-state index contributed by atoms with van der Waals surface area (Å²) < 4.78 is 12.6. The Kier molecular flexibility index (Phi) is 6.13. The Morgan fingerprint density at radius 2 is 2.03 bits per heavy atom. The number of hydrogen-bond donors (Lipinski definition) is 0. The molecule has 1 aliphatic heterocycles. The molecule has 0 unspecified atom stereocenters. The van der Waals surface area contributed by atoms with Gasteiger partial charge in [-0.1, -0.05) is 6.07 Å². The van der Waals surface area contributed by atoms with Crippen LogP contribution in [0.25, 0.3) is 0 Å². The summed E-state index contributed by atoms with van der Waals surface area (Å²) in [7, 11) is 1.38. The molecule has 2 aromatic heterocycles. The van der Waals surface area contributed by atoms with Crippen molar-refractivity contribution in [2.75, 3.05) is 20.2 Å². The van der Waals surface area contributed by atoms with Crippen molar-refractivity contribution in [1.82, 2.24) is 14.5 Å². The van der Waals surface area contributed by atoms with Gasteiger partial charge in [-0.2, -0.15) is 0 Å². The zero-order valence-electron chi connectivity index (χ0n) is 16.7. The van der Waals surface area contributed by atoms with Gasteiger partial charge in [-0.15, -0.1) is 11.3 Å². The number of carbonyl (C=O) groups is 2. The molecule has 0 atom stereocenters. The molecule has 8 heteroatoms. The lowest BCUT2D eigenvalue weighted by Crippen LogP contribution is -2.39. The molecule has 1 fully saturated rings. The minimum atomic E-state index is -0.340. The number of nitrogens with zero attached hydrogens (tertiary/aromatic N) is 3. The van der Waals surface area contributed by atoms with Crippen LogP contribution >= 0.6 is 11.3 Å². The highest BCUT2D eigenvalue weighted by Gasteiger charge is 2.26. The highest BCUT2D eigenvalue weighted by Crippen LogP contribution is 2.26. The second kappa shape index (κ2) is 9.13. The van der Waals surface area contributed by atoms with E-state index < -0.39 is 0 Å². The van der Waals surface area contributed by atoms with Gasteiger partial charge in [0, 0.05) is 36.3 Å². The lowest BCUT2D eigenvalue weighted by atomic mass is 10.0. The average molecular weight is 426 g/mol. The van der Waals surface area contributed by atoms with Crippen LogP contribution < -0.4 is 4.74 Å². The van der Waals surface area contributed by atoms with Crippen LogP contribution in [-0.4, -0.2) is 46.5 Å². The average Bonchev–Trinajstić information content (AvgIpc) is 3.49. The van der Waals surface area contributed by atoms with Gasteiger partial charge in [-0.3, -0.25) is 4.79 Å². The molecule has 0 saturated carbocycles. The van der Waals surface area contributed by atoms with Gasteiger partial charge in [-0.05, 0) is 43.2 Å². The van der Waals surface area contributed by atoms with E-state index in [1.54, 1.807) is 17.6 Å². The summed E-state index contributed by atoms with van der Waals surface area (Å²) in [6.07, 6.45) is 3.46. The maximum absolute atomic E-state index is 13.0. The summed E-state index contributed by atoms with van der Waals surface area (Å²) in [5.74, 6) is 0.306. The fourth-order valence-electron chi connectivity index (χ4n) is 3.70. The van der Waals surface area contributed by atoms with E-state index in [2.05, 4.69) is 4.98 Å². The van der Waals surface area contributed by atoms with Crippen LogP contribution in [0.5, 0.6) is 5.75 Å². The van der Waals surface area contributed by atoms with E-state index in [9.17, 15) is 9.59 Å². The first-order valence-electron chi connectivity index (χ1n) is 9.80. The van der Waals surface area contributed by atoms with Crippen LogP contribution in [0.2, 0.25) is 0 Å². The number of carbonyl (C=O) groups excluding carboxylic acids is 2. The molecule has 3 heterocycles. The Bertz CT molecular complexity index is 1010. The second-order valence-corrected chi connectivity index (χ2v) is 7.83. The van der Waals surface area contributed by atoms with Crippen LogP contribution in [0.1, 0.15) is 45.4 Å². The molecule has 1 aliphatic rings. The number of piperidine rings is 1. The number of aromatic nitrogens is 2. The first-order chi connectivity index (χ1) is 14.7. The van der Waals surface area contributed by atoms with Crippen molar-refractivity contribution in [3.05, 3.63) is 70.4 Å². The van der Waals surface area contributed by atoms with Crippen LogP contribution in [0.3, 0.4) is 0 Å². The maximum atomic E-state index is 13.0. The Hall–Kier alpha value is -3.13. The molecule has 156 valence electrons. The summed E-state index contributed by atoms with van der Waals surface area (Å²) in [5.41, 5.74) is 3.80. The predicted octanol–water partition coefficient (Wildman–Crippen LogP) is 3.79. The Morgan fingerprint density at radius 3 is 2.77 bits per heavy atom. The number of benzene rings is 1. The van der Waals surface area contributed by atoms with Gasteiger partial charge >= 0.3 is 5.97 Å². The number of thiazole rings is 1. The second-order valence-electron chi connectivity index (χ2n) is 7.11. The fraction of sp³-hybridized carbons (Fsp3) is 0.318. The van der Waals surface area contributed by atoms with Crippen LogP contribution in [0.4, 0.5) is 0 Å². The fourth-order valence-corrected chi connectivity index (χ4v) is 4.25. The molecule has 1 aromatic carbocycles. The van der Waals surface area contributed by atoms with Gasteiger partial charge in [-0.25, -0.2) is 9.78 Å². The van der Waals surface area contributed by atoms with Crippen LogP contribution in [-0.2, 0) is 11.3 Å². The van der Waals surface area contributed by atoms with E-state index in [-0.39, 0.29) is 17.9 Å². The lowest BCUT2D eigenvalue weighted by molar-refractivity contribution is 0.0573. The number of hydrogen-bond acceptors (Lipinski definition) is 6. The Labute approximate surface area is 178 Å². The molecule has 0 radical (unpaired) electrons. The molecule has 4 rings (SSSR count). The van der Waals surface area contributed by atoms with Crippen molar-refractivity contribution < 1.29 is 19.1 Å². The highest BCUT2D eigenvalue weighted by atomic mass is 32.1. The monoisotopic (exact) mass is 425 g/mol. The largest absolute Gasteiger partial charge is 0.487 e. The van der Waals surface area contributed by atoms with Crippen molar-refractivity contribution in [3.8, 4) is 5.75 Å². The van der Waals surface area contributed by atoms with Crippen molar-refractivity contribution >= 4 is 23.2 Å². The number of amides is 1. The third kappa shape index (κ3) is 4.38. The highest BCUT2D eigenvalue weighted by molar-refractivity contribution is 7.07. The van der Waals surface area contributed by atoms with Gasteiger partial charge in [0.1, 0.15) is 18.1 Å². The molecule has 1 amide bonds. The molecule has 30 heavy (non-hydrogen) atoms. The summed E-state index contributed by atoms with van der Waals surface area (Å²) in [5, 5.41) is 1.94. The molecule has 0 bridgehead atoms. The number of ether oxygens (including phenoxy) is 2. The lowest BCUT2D eigenvalue weighted by Gasteiger charge is -2.33. The van der Waals surface area contributed by atoms with Crippen molar-refractivity contribution in [1.29, 1.82) is 0 Å². The van der Waals surface area contributed by atoms with Crippen molar-refractivity contribution in [2.24, 2.45) is 0 Å². The van der Waals surface area contributed by atoms with E-state index in [4.69, 9.17) is 9.47 Å². The zero-order valence-corrected chi connectivity index (χ0v) is 17.5. The van der Waals surface area contributed by atoms with Gasteiger partial charge in [0.25, 0.3) is 5.91 Å². The Morgan fingerprint density at radius 1 is 1.20 bits per heavy atom. The minimum Gasteiger partial charge on any atom is -0.487 e. The molecular formula is C22H23N3O4S. The summed E-state index contributed by atoms with van der Waals surface area (Å²) in [6.45, 7) is 1.64.